The molecule has 0 aromatic heterocycles. The maximum atomic E-state index is 13.0. The molecule has 32 heavy (non-hydrogen) atoms. The van der Waals surface area contributed by atoms with Crippen LogP contribution < -0.4 is 21.7 Å². The second-order valence-electron chi connectivity index (χ2n) is 7.83. The number of aliphatic hydroxyl groups is 1. The van der Waals surface area contributed by atoms with Crippen molar-refractivity contribution in [3.63, 3.8) is 0 Å². The Labute approximate surface area is 187 Å². The first-order valence-electron chi connectivity index (χ1n) is 10.9. The van der Waals surface area contributed by atoms with Gasteiger partial charge in [-0.25, -0.2) is 0 Å². The number of hydrogen-bond acceptors (Lipinski definition) is 7. The smallest absolute Gasteiger partial charge is 0.305 e. The monoisotopic (exact) mass is 457 g/mol. The van der Waals surface area contributed by atoms with Crippen molar-refractivity contribution in [3.8, 4) is 0 Å². The molecule has 1 aliphatic rings. The molecule has 0 aliphatic carbocycles. The number of nitrogens with zero attached hydrogens (tertiary/aromatic N) is 1. The molecule has 1 rings (SSSR count). The number of carbonyl (C=O) groups excluding carboxylic acids is 4. The zero-order valence-electron chi connectivity index (χ0n) is 18.5. The van der Waals surface area contributed by atoms with Gasteiger partial charge in [-0.05, 0) is 45.1 Å². The van der Waals surface area contributed by atoms with E-state index in [1.54, 1.807) is 4.90 Å². The van der Waals surface area contributed by atoms with Crippen LogP contribution in [0.15, 0.2) is 0 Å². The molecule has 12 nitrogen and oxygen atoms in total. The molecule has 0 unspecified atom stereocenters. The van der Waals surface area contributed by atoms with E-state index in [0.29, 0.717) is 38.9 Å². The van der Waals surface area contributed by atoms with Gasteiger partial charge in [-0.1, -0.05) is 0 Å². The summed E-state index contributed by atoms with van der Waals surface area (Å²) in [6.45, 7) is 2.03. The molecule has 1 saturated heterocycles. The number of amides is 4. The number of unbranched alkanes of at least 4 members (excludes halogenated alkanes) is 1. The van der Waals surface area contributed by atoms with E-state index in [2.05, 4.69) is 16.0 Å². The van der Waals surface area contributed by atoms with Gasteiger partial charge in [0.1, 0.15) is 18.1 Å². The lowest BCUT2D eigenvalue weighted by molar-refractivity contribution is -0.142. The molecule has 0 spiro atoms. The molecule has 7 N–H and O–H groups in total. The van der Waals surface area contributed by atoms with E-state index in [9.17, 15) is 29.1 Å². The van der Waals surface area contributed by atoms with Gasteiger partial charge in [0.15, 0.2) is 0 Å². The van der Waals surface area contributed by atoms with Crippen LogP contribution in [0.5, 0.6) is 0 Å². The predicted molar refractivity (Wildman–Crippen MR) is 114 cm³/mol. The minimum Gasteiger partial charge on any atom is -0.481 e. The van der Waals surface area contributed by atoms with Crippen LogP contribution in [0.2, 0.25) is 0 Å². The molecule has 4 amide bonds. The van der Waals surface area contributed by atoms with Gasteiger partial charge in [-0.2, -0.15) is 0 Å². The number of carboxylic acid groups (broad SMARTS) is 1. The summed E-state index contributed by atoms with van der Waals surface area (Å²) in [6.07, 6.45) is 3.62. The van der Waals surface area contributed by atoms with Crippen LogP contribution in [0.3, 0.4) is 0 Å². The van der Waals surface area contributed by atoms with Crippen molar-refractivity contribution in [1.82, 2.24) is 20.9 Å². The summed E-state index contributed by atoms with van der Waals surface area (Å²) in [5.41, 5.74) is 5.52. The standard InChI is InChI=1S/C20H35N5O7/c1-13(27)22-16(12-26)19(31)24-15(11-17(28)29)18(30)23-14(7-3-4-8-21)20(32)25-9-5-2-6-10-25/h14-16,26H,2-12,21H2,1H3,(H,22,27)(H,23,30)(H,24,31)(H,28,29)/t14-,15-,16-/m0/s1. The van der Waals surface area contributed by atoms with Crippen molar-refractivity contribution in [3.05, 3.63) is 0 Å². The maximum Gasteiger partial charge on any atom is 0.305 e. The number of carboxylic acids is 1. The number of rotatable bonds is 13. The van der Waals surface area contributed by atoms with Crippen LogP contribution >= 0.6 is 0 Å². The van der Waals surface area contributed by atoms with Crippen LogP contribution in [0.25, 0.3) is 0 Å². The summed E-state index contributed by atoms with van der Waals surface area (Å²) >= 11 is 0. The highest BCUT2D eigenvalue weighted by molar-refractivity contribution is 5.95. The molecule has 0 aromatic rings. The van der Waals surface area contributed by atoms with Crippen LogP contribution in [0.1, 0.15) is 51.9 Å². The number of aliphatic carboxylic acids is 1. The minimum atomic E-state index is -1.49. The molecule has 0 saturated carbocycles. The van der Waals surface area contributed by atoms with Crippen molar-refractivity contribution in [2.24, 2.45) is 5.73 Å². The van der Waals surface area contributed by atoms with Crippen LogP contribution in [0.4, 0.5) is 0 Å². The molecule has 12 heteroatoms. The Hall–Kier alpha value is -2.73. The Bertz CT molecular complexity index is 667. The molecular formula is C20H35N5O7. The second-order valence-corrected chi connectivity index (χ2v) is 7.83. The van der Waals surface area contributed by atoms with E-state index in [0.717, 1.165) is 26.2 Å². The van der Waals surface area contributed by atoms with E-state index in [1.165, 1.54) is 0 Å². The lowest BCUT2D eigenvalue weighted by Gasteiger charge is -2.31. The number of nitrogens with one attached hydrogen (secondary N) is 3. The van der Waals surface area contributed by atoms with Gasteiger partial charge in [0.2, 0.25) is 23.6 Å². The summed E-state index contributed by atoms with van der Waals surface area (Å²) < 4.78 is 0. The Morgan fingerprint density at radius 1 is 0.906 bits per heavy atom. The van der Waals surface area contributed by atoms with Gasteiger partial charge >= 0.3 is 5.97 Å². The molecule has 0 radical (unpaired) electrons. The lowest BCUT2D eigenvalue weighted by Crippen LogP contribution is -2.58. The third-order valence-corrected chi connectivity index (χ3v) is 5.12. The number of hydrogen-bond donors (Lipinski definition) is 6. The Kier molecular flexibility index (Phi) is 12.2. The molecule has 0 aromatic carbocycles. The first-order chi connectivity index (χ1) is 15.2. The Balaban J connectivity index is 2.92. The van der Waals surface area contributed by atoms with Crippen molar-refractivity contribution < 1.29 is 34.2 Å². The topological polar surface area (TPSA) is 191 Å². The molecule has 0 bridgehead atoms. The van der Waals surface area contributed by atoms with Crippen molar-refractivity contribution >= 4 is 29.6 Å². The molecule has 1 aliphatic heterocycles. The quantitative estimate of drug-likeness (QED) is 0.172. The fourth-order valence-electron chi connectivity index (χ4n) is 3.45. The molecule has 1 heterocycles. The first-order valence-corrected chi connectivity index (χ1v) is 10.9. The van der Waals surface area contributed by atoms with E-state index < -0.39 is 54.8 Å². The average molecular weight is 458 g/mol. The highest BCUT2D eigenvalue weighted by Gasteiger charge is 2.32. The maximum absolute atomic E-state index is 13.0. The predicted octanol–water partition coefficient (Wildman–Crippen LogP) is -1.93. The number of nitrogens with two attached hydrogens (primary N) is 1. The van der Waals surface area contributed by atoms with Gasteiger partial charge in [0.05, 0.1) is 13.0 Å². The lowest BCUT2D eigenvalue weighted by atomic mass is 10.0. The first kappa shape index (κ1) is 27.3. The van der Waals surface area contributed by atoms with Crippen LogP contribution in [-0.4, -0.2) is 89.1 Å². The van der Waals surface area contributed by atoms with Gasteiger partial charge < -0.3 is 36.8 Å². The SMILES string of the molecule is CC(=O)N[C@@H](CO)C(=O)N[C@@H](CC(=O)O)C(=O)N[C@@H](CCCCN)C(=O)N1CCCCC1. The fraction of sp³-hybridized carbons (Fsp3) is 0.750. The summed E-state index contributed by atoms with van der Waals surface area (Å²) in [7, 11) is 0. The number of piperidine rings is 1. The number of carbonyl (C=O) groups is 5. The largest absolute Gasteiger partial charge is 0.481 e. The molecule has 3 atom stereocenters. The summed E-state index contributed by atoms with van der Waals surface area (Å²) in [5, 5.41) is 25.5. The second kappa shape index (κ2) is 14.4. The Morgan fingerprint density at radius 2 is 1.50 bits per heavy atom. The van der Waals surface area contributed by atoms with Gasteiger partial charge in [-0.3, -0.25) is 24.0 Å². The summed E-state index contributed by atoms with van der Waals surface area (Å²) in [6, 6.07) is -3.70. The zero-order chi connectivity index (χ0) is 24.1. The van der Waals surface area contributed by atoms with Crippen molar-refractivity contribution in [1.29, 1.82) is 0 Å². The third kappa shape index (κ3) is 9.60. The summed E-state index contributed by atoms with van der Waals surface area (Å²) in [5.74, 6) is -3.91. The van der Waals surface area contributed by atoms with Gasteiger partial charge in [0.25, 0.3) is 0 Å². The zero-order valence-corrected chi connectivity index (χ0v) is 18.5. The molecule has 1 fully saturated rings. The minimum absolute atomic E-state index is 0.248. The number of likely N-dealkylation sites (tertiary alicyclic amines) is 1. The van der Waals surface area contributed by atoms with Gasteiger partial charge in [0, 0.05) is 20.0 Å². The third-order valence-electron chi connectivity index (χ3n) is 5.12. The normalized spacial score (nSPS) is 16.4. The van der Waals surface area contributed by atoms with E-state index in [1.807, 2.05) is 0 Å². The Morgan fingerprint density at radius 3 is 2.03 bits per heavy atom. The molecule has 182 valence electrons. The van der Waals surface area contributed by atoms with Crippen LogP contribution in [0, 0.1) is 0 Å². The van der Waals surface area contributed by atoms with Gasteiger partial charge in [-0.15, -0.1) is 0 Å². The van der Waals surface area contributed by atoms with E-state index in [4.69, 9.17) is 10.8 Å². The van der Waals surface area contributed by atoms with Crippen molar-refractivity contribution in [2.45, 2.75) is 70.0 Å². The number of aliphatic hydroxyl groups excluding tert-OH is 1. The summed E-state index contributed by atoms with van der Waals surface area (Å²) in [4.78, 5) is 62.3. The van der Waals surface area contributed by atoms with Crippen molar-refractivity contribution in [2.75, 3.05) is 26.2 Å². The highest BCUT2D eigenvalue weighted by atomic mass is 16.4. The molecular weight excluding hydrogens is 422 g/mol. The van der Waals surface area contributed by atoms with Crippen LogP contribution in [-0.2, 0) is 24.0 Å². The highest BCUT2D eigenvalue weighted by Crippen LogP contribution is 2.13. The fourth-order valence-corrected chi connectivity index (χ4v) is 3.45. The van der Waals surface area contributed by atoms with E-state index in [-0.39, 0.29) is 5.91 Å². The van der Waals surface area contributed by atoms with E-state index >= 15 is 0 Å². The average Bonchev–Trinajstić information content (AvgIpc) is 2.75.